The van der Waals surface area contributed by atoms with Gasteiger partial charge < -0.3 is 10.6 Å². The van der Waals surface area contributed by atoms with Crippen molar-refractivity contribution in [3.63, 3.8) is 0 Å². The van der Waals surface area contributed by atoms with Crippen LogP contribution in [0.2, 0.25) is 0 Å². The van der Waals surface area contributed by atoms with Crippen molar-refractivity contribution in [3.05, 3.63) is 58.6 Å². The molecule has 0 aliphatic carbocycles. The molecule has 5 nitrogen and oxygen atoms in total. The molecule has 2 aromatic rings. The number of nitrogens with zero attached hydrogens (tertiary/aromatic N) is 1. The molecule has 2 amide bonds. The van der Waals surface area contributed by atoms with Crippen LogP contribution in [-0.4, -0.2) is 29.8 Å². The Bertz CT molecular complexity index is 777. The van der Waals surface area contributed by atoms with Crippen LogP contribution in [0.15, 0.2) is 53.0 Å². The van der Waals surface area contributed by atoms with Crippen LogP contribution < -0.4 is 10.6 Å². The maximum Gasteiger partial charge on any atom is 0.238 e. The molecule has 0 spiro atoms. The van der Waals surface area contributed by atoms with Crippen molar-refractivity contribution in [3.8, 4) is 0 Å². The summed E-state index contributed by atoms with van der Waals surface area (Å²) in [7, 11) is 0. The summed E-state index contributed by atoms with van der Waals surface area (Å²) in [6.07, 6.45) is 0.966. The van der Waals surface area contributed by atoms with Crippen molar-refractivity contribution in [1.82, 2.24) is 4.90 Å². The first-order chi connectivity index (χ1) is 12.9. The standard InChI is InChI=1S/C21H26BrN3O2/c1-4-13-25(15(2)19-7-5-6-8-20(19)22)14-21(27)24-18-11-9-17(10-12-18)23-16(3)26/h5-12,15H,4,13-14H2,1-3H3,(H,23,26)(H,24,27). The lowest BCUT2D eigenvalue weighted by Gasteiger charge is -2.29. The van der Waals surface area contributed by atoms with Gasteiger partial charge in [0.25, 0.3) is 0 Å². The second kappa shape index (κ2) is 10.2. The van der Waals surface area contributed by atoms with E-state index in [-0.39, 0.29) is 17.9 Å². The van der Waals surface area contributed by atoms with Crippen LogP contribution in [0.1, 0.15) is 38.8 Å². The third-order valence-corrected chi connectivity index (χ3v) is 4.97. The van der Waals surface area contributed by atoms with Gasteiger partial charge in [0, 0.05) is 28.8 Å². The number of anilines is 2. The Balaban J connectivity index is 2.02. The summed E-state index contributed by atoms with van der Waals surface area (Å²) in [6, 6.07) is 15.3. The molecule has 0 aliphatic heterocycles. The molecule has 0 bridgehead atoms. The number of nitrogens with one attached hydrogen (secondary N) is 2. The van der Waals surface area contributed by atoms with E-state index in [1.165, 1.54) is 12.5 Å². The summed E-state index contributed by atoms with van der Waals surface area (Å²) in [6.45, 7) is 6.83. The molecule has 2 rings (SSSR count). The van der Waals surface area contributed by atoms with Crippen molar-refractivity contribution >= 4 is 39.1 Å². The van der Waals surface area contributed by atoms with E-state index in [4.69, 9.17) is 0 Å². The van der Waals surface area contributed by atoms with Gasteiger partial charge in [-0.2, -0.15) is 0 Å². The smallest absolute Gasteiger partial charge is 0.238 e. The quantitative estimate of drug-likeness (QED) is 0.629. The fourth-order valence-electron chi connectivity index (χ4n) is 2.93. The molecule has 0 heterocycles. The first-order valence-corrected chi connectivity index (χ1v) is 9.86. The molecule has 0 saturated heterocycles. The highest BCUT2D eigenvalue weighted by Gasteiger charge is 2.19. The lowest BCUT2D eigenvalue weighted by Crippen LogP contribution is -2.36. The van der Waals surface area contributed by atoms with Gasteiger partial charge in [-0.05, 0) is 55.8 Å². The molecule has 1 unspecified atom stereocenters. The van der Waals surface area contributed by atoms with Crippen molar-refractivity contribution in [1.29, 1.82) is 0 Å². The molecule has 0 radical (unpaired) electrons. The molecule has 1 atom stereocenters. The summed E-state index contributed by atoms with van der Waals surface area (Å²) in [4.78, 5) is 25.8. The highest BCUT2D eigenvalue weighted by atomic mass is 79.9. The number of rotatable bonds is 8. The van der Waals surface area contributed by atoms with Crippen LogP contribution in [-0.2, 0) is 9.59 Å². The molecule has 2 aromatic carbocycles. The first kappa shape index (κ1) is 21.1. The van der Waals surface area contributed by atoms with Crippen LogP contribution in [0, 0.1) is 0 Å². The Morgan fingerprint density at radius 3 is 2.19 bits per heavy atom. The van der Waals surface area contributed by atoms with E-state index in [9.17, 15) is 9.59 Å². The Morgan fingerprint density at radius 2 is 1.63 bits per heavy atom. The molecule has 27 heavy (non-hydrogen) atoms. The molecule has 144 valence electrons. The molecule has 2 N–H and O–H groups in total. The first-order valence-electron chi connectivity index (χ1n) is 9.06. The van der Waals surface area contributed by atoms with E-state index in [0.717, 1.165) is 17.4 Å². The summed E-state index contributed by atoms with van der Waals surface area (Å²) < 4.78 is 1.05. The molecule has 0 fully saturated rings. The average molecular weight is 432 g/mol. The normalized spacial score (nSPS) is 11.9. The summed E-state index contributed by atoms with van der Waals surface area (Å²) in [5.74, 6) is -0.183. The lowest BCUT2D eigenvalue weighted by atomic mass is 10.1. The van der Waals surface area contributed by atoms with Crippen molar-refractivity contribution in [2.24, 2.45) is 0 Å². The van der Waals surface area contributed by atoms with Crippen LogP contribution in [0.4, 0.5) is 11.4 Å². The van der Waals surface area contributed by atoms with Gasteiger partial charge in [0.05, 0.1) is 6.54 Å². The second-order valence-electron chi connectivity index (χ2n) is 6.47. The zero-order chi connectivity index (χ0) is 19.8. The van der Waals surface area contributed by atoms with Crippen LogP contribution >= 0.6 is 15.9 Å². The molecule has 0 saturated carbocycles. The Labute approximate surface area is 169 Å². The zero-order valence-electron chi connectivity index (χ0n) is 16.0. The van der Waals surface area contributed by atoms with E-state index < -0.39 is 0 Å². The lowest BCUT2D eigenvalue weighted by molar-refractivity contribution is -0.118. The summed E-state index contributed by atoms with van der Waals surface area (Å²) in [5, 5.41) is 5.64. The fourth-order valence-corrected chi connectivity index (χ4v) is 3.55. The van der Waals surface area contributed by atoms with Gasteiger partial charge in [0.2, 0.25) is 11.8 Å². The zero-order valence-corrected chi connectivity index (χ0v) is 17.5. The van der Waals surface area contributed by atoms with Crippen LogP contribution in [0.25, 0.3) is 0 Å². The highest BCUT2D eigenvalue weighted by molar-refractivity contribution is 9.10. The Hall–Kier alpha value is -2.18. The van der Waals surface area contributed by atoms with Gasteiger partial charge >= 0.3 is 0 Å². The van der Waals surface area contributed by atoms with Gasteiger partial charge in [-0.1, -0.05) is 41.1 Å². The Kier molecular flexibility index (Phi) is 8.00. The minimum atomic E-state index is -0.122. The Morgan fingerprint density at radius 1 is 1.04 bits per heavy atom. The van der Waals surface area contributed by atoms with Gasteiger partial charge in [0.1, 0.15) is 0 Å². The van der Waals surface area contributed by atoms with E-state index >= 15 is 0 Å². The van der Waals surface area contributed by atoms with Crippen LogP contribution in [0.5, 0.6) is 0 Å². The number of hydrogen-bond donors (Lipinski definition) is 2. The molecule has 0 aromatic heterocycles. The van der Waals surface area contributed by atoms with Crippen molar-refractivity contribution < 1.29 is 9.59 Å². The van der Waals surface area contributed by atoms with E-state index in [2.05, 4.69) is 51.4 Å². The van der Waals surface area contributed by atoms with Gasteiger partial charge in [-0.3, -0.25) is 14.5 Å². The largest absolute Gasteiger partial charge is 0.326 e. The fraction of sp³-hybridized carbons (Fsp3) is 0.333. The van der Waals surface area contributed by atoms with Gasteiger partial charge in [-0.25, -0.2) is 0 Å². The predicted molar refractivity (Wildman–Crippen MR) is 114 cm³/mol. The second-order valence-corrected chi connectivity index (χ2v) is 7.33. The van der Waals surface area contributed by atoms with E-state index in [1.54, 1.807) is 24.3 Å². The summed E-state index contributed by atoms with van der Waals surface area (Å²) in [5.41, 5.74) is 2.58. The number of carbonyl (C=O) groups is 2. The molecule has 0 aliphatic rings. The number of carbonyl (C=O) groups excluding carboxylic acids is 2. The maximum absolute atomic E-state index is 12.5. The SMILES string of the molecule is CCCN(CC(=O)Nc1ccc(NC(C)=O)cc1)C(C)c1ccccc1Br. The minimum Gasteiger partial charge on any atom is -0.326 e. The third kappa shape index (κ3) is 6.48. The van der Waals surface area contributed by atoms with Crippen molar-refractivity contribution in [2.45, 2.75) is 33.2 Å². The molecular weight excluding hydrogens is 406 g/mol. The minimum absolute atomic E-state index is 0.0605. The number of benzene rings is 2. The van der Waals surface area contributed by atoms with Crippen molar-refractivity contribution in [2.75, 3.05) is 23.7 Å². The predicted octanol–water partition coefficient (Wildman–Crippen LogP) is 4.82. The van der Waals surface area contributed by atoms with E-state index in [0.29, 0.717) is 17.9 Å². The van der Waals surface area contributed by atoms with E-state index in [1.807, 2.05) is 18.2 Å². The third-order valence-electron chi connectivity index (χ3n) is 4.25. The molecular formula is C21H26BrN3O2. The monoisotopic (exact) mass is 431 g/mol. The van der Waals surface area contributed by atoms with Crippen LogP contribution in [0.3, 0.4) is 0 Å². The highest BCUT2D eigenvalue weighted by Crippen LogP contribution is 2.27. The number of hydrogen-bond acceptors (Lipinski definition) is 3. The topological polar surface area (TPSA) is 61.4 Å². The number of amides is 2. The number of halogens is 1. The summed E-state index contributed by atoms with van der Waals surface area (Å²) >= 11 is 3.60. The van der Waals surface area contributed by atoms with Gasteiger partial charge in [0.15, 0.2) is 0 Å². The molecule has 6 heteroatoms. The maximum atomic E-state index is 12.5. The average Bonchev–Trinajstić information content (AvgIpc) is 2.62. The van der Waals surface area contributed by atoms with Gasteiger partial charge in [-0.15, -0.1) is 0 Å².